The van der Waals surface area contributed by atoms with Crippen molar-refractivity contribution in [3.63, 3.8) is 0 Å². The molecular formula is C19H25NO2S. The number of hydrogen-bond acceptors (Lipinski definition) is 4. The maximum atomic E-state index is 12.4. The number of hydrogen-bond donors (Lipinski definition) is 1. The van der Waals surface area contributed by atoms with E-state index in [4.69, 9.17) is 4.74 Å². The lowest BCUT2D eigenvalue weighted by Gasteiger charge is -2.09. The van der Waals surface area contributed by atoms with Crippen molar-refractivity contribution >= 4 is 22.3 Å². The Balaban J connectivity index is 2.18. The summed E-state index contributed by atoms with van der Waals surface area (Å²) in [6.45, 7) is 5.32. The molecule has 0 aliphatic heterocycles. The molecule has 0 bridgehead atoms. The number of benzene rings is 1. The SMILES string of the molecule is CCCCCCNc1scc(-c2ccccc2)c1C(=O)OCC. The van der Waals surface area contributed by atoms with Crippen molar-refractivity contribution in [2.45, 2.75) is 39.5 Å². The molecule has 0 amide bonds. The number of esters is 1. The number of anilines is 1. The highest BCUT2D eigenvalue weighted by Gasteiger charge is 2.21. The Kier molecular flexibility index (Phi) is 7.14. The van der Waals surface area contributed by atoms with Crippen molar-refractivity contribution in [1.82, 2.24) is 0 Å². The smallest absolute Gasteiger partial charge is 0.341 e. The third kappa shape index (κ3) is 4.83. The van der Waals surface area contributed by atoms with E-state index in [-0.39, 0.29) is 5.97 Å². The highest BCUT2D eigenvalue weighted by atomic mass is 32.1. The van der Waals surface area contributed by atoms with Gasteiger partial charge in [0.2, 0.25) is 0 Å². The van der Waals surface area contributed by atoms with E-state index >= 15 is 0 Å². The van der Waals surface area contributed by atoms with Crippen LogP contribution < -0.4 is 5.32 Å². The van der Waals surface area contributed by atoms with Crippen molar-refractivity contribution in [3.05, 3.63) is 41.3 Å². The van der Waals surface area contributed by atoms with Gasteiger partial charge in [0.25, 0.3) is 0 Å². The minimum absolute atomic E-state index is 0.247. The summed E-state index contributed by atoms with van der Waals surface area (Å²) in [6, 6.07) is 10.00. The molecule has 1 heterocycles. The molecule has 0 aliphatic carbocycles. The van der Waals surface area contributed by atoms with Crippen molar-refractivity contribution in [1.29, 1.82) is 0 Å². The molecule has 0 atom stereocenters. The zero-order valence-corrected chi connectivity index (χ0v) is 14.7. The first kappa shape index (κ1) is 17.5. The van der Waals surface area contributed by atoms with Gasteiger partial charge in [-0.15, -0.1) is 11.3 Å². The lowest BCUT2D eigenvalue weighted by atomic mass is 10.0. The van der Waals surface area contributed by atoms with Gasteiger partial charge in [-0.1, -0.05) is 56.5 Å². The van der Waals surface area contributed by atoms with Crippen LogP contribution in [-0.4, -0.2) is 19.1 Å². The van der Waals surface area contributed by atoms with Crippen LogP contribution in [-0.2, 0) is 4.74 Å². The summed E-state index contributed by atoms with van der Waals surface area (Å²) in [5.74, 6) is -0.247. The second kappa shape index (κ2) is 9.36. The van der Waals surface area contributed by atoms with E-state index in [1.54, 1.807) is 11.3 Å². The highest BCUT2D eigenvalue weighted by Crippen LogP contribution is 2.36. The van der Waals surface area contributed by atoms with Gasteiger partial charge in [-0.05, 0) is 18.9 Å². The molecule has 0 saturated heterocycles. The number of ether oxygens (including phenoxy) is 1. The van der Waals surface area contributed by atoms with Gasteiger partial charge in [-0.3, -0.25) is 0 Å². The van der Waals surface area contributed by atoms with E-state index in [1.165, 1.54) is 19.3 Å². The topological polar surface area (TPSA) is 38.3 Å². The first-order valence-corrected chi connectivity index (χ1v) is 9.23. The van der Waals surface area contributed by atoms with Crippen LogP contribution in [0.15, 0.2) is 35.7 Å². The second-order valence-electron chi connectivity index (χ2n) is 5.43. The molecule has 23 heavy (non-hydrogen) atoms. The van der Waals surface area contributed by atoms with Crippen LogP contribution in [0.3, 0.4) is 0 Å². The number of thiophene rings is 1. The van der Waals surface area contributed by atoms with E-state index in [1.807, 2.05) is 42.6 Å². The number of carbonyl (C=O) groups is 1. The number of carbonyl (C=O) groups excluding carboxylic acids is 1. The molecule has 2 rings (SSSR count). The quantitative estimate of drug-likeness (QED) is 0.481. The largest absolute Gasteiger partial charge is 0.462 e. The molecule has 0 fully saturated rings. The zero-order valence-electron chi connectivity index (χ0n) is 13.9. The van der Waals surface area contributed by atoms with Gasteiger partial charge in [-0.25, -0.2) is 4.79 Å². The molecular weight excluding hydrogens is 306 g/mol. The van der Waals surface area contributed by atoms with Gasteiger partial charge < -0.3 is 10.1 Å². The molecule has 0 radical (unpaired) electrons. The van der Waals surface area contributed by atoms with Gasteiger partial charge in [-0.2, -0.15) is 0 Å². The normalized spacial score (nSPS) is 10.5. The minimum Gasteiger partial charge on any atom is -0.462 e. The molecule has 0 spiro atoms. The second-order valence-corrected chi connectivity index (χ2v) is 6.31. The highest BCUT2D eigenvalue weighted by molar-refractivity contribution is 7.15. The Hall–Kier alpha value is -1.81. The third-order valence-corrected chi connectivity index (χ3v) is 4.61. The predicted molar refractivity (Wildman–Crippen MR) is 98.3 cm³/mol. The molecule has 1 N–H and O–H groups in total. The summed E-state index contributed by atoms with van der Waals surface area (Å²) < 4.78 is 5.26. The molecule has 4 heteroatoms. The maximum absolute atomic E-state index is 12.4. The fraction of sp³-hybridized carbons (Fsp3) is 0.421. The molecule has 0 saturated carbocycles. The lowest BCUT2D eigenvalue weighted by Crippen LogP contribution is -2.09. The Bertz CT molecular complexity index is 607. The number of nitrogens with one attached hydrogen (secondary N) is 1. The van der Waals surface area contributed by atoms with Gasteiger partial charge in [0.15, 0.2) is 0 Å². The van der Waals surface area contributed by atoms with Crippen molar-refractivity contribution in [3.8, 4) is 11.1 Å². The van der Waals surface area contributed by atoms with E-state index in [2.05, 4.69) is 12.2 Å². The third-order valence-electron chi connectivity index (χ3n) is 3.67. The van der Waals surface area contributed by atoms with Gasteiger partial charge in [0.1, 0.15) is 10.6 Å². The zero-order chi connectivity index (χ0) is 16.5. The van der Waals surface area contributed by atoms with Gasteiger partial charge in [0, 0.05) is 17.5 Å². The first-order valence-electron chi connectivity index (χ1n) is 8.35. The number of unbranched alkanes of at least 4 members (excludes halogenated alkanes) is 3. The Morgan fingerprint density at radius 3 is 2.61 bits per heavy atom. The van der Waals surface area contributed by atoms with Crippen LogP contribution in [0.4, 0.5) is 5.00 Å². The average molecular weight is 331 g/mol. The molecule has 1 aromatic heterocycles. The summed E-state index contributed by atoms with van der Waals surface area (Å²) in [6.07, 6.45) is 4.82. The van der Waals surface area contributed by atoms with E-state index < -0.39 is 0 Å². The predicted octanol–water partition coefficient (Wildman–Crippen LogP) is 5.58. The van der Waals surface area contributed by atoms with Crippen LogP contribution in [0.1, 0.15) is 49.9 Å². The molecule has 0 unspecified atom stereocenters. The average Bonchev–Trinajstić information content (AvgIpc) is 3.00. The van der Waals surface area contributed by atoms with Gasteiger partial charge in [0.05, 0.1) is 6.61 Å². The van der Waals surface area contributed by atoms with E-state index in [0.29, 0.717) is 12.2 Å². The summed E-state index contributed by atoms with van der Waals surface area (Å²) in [5, 5.41) is 6.37. The standard InChI is InChI=1S/C19H25NO2S/c1-3-5-6-10-13-20-18-17(19(21)22-4-2)16(14-23-18)15-11-8-7-9-12-15/h7-9,11-12,14,20H,3-6,10,13H2,1-2H3. The fourth-order valence-corrected chi connectivity index (χ4v) is 3.46. The fourth-order valence-electron chi connectivity index (χ4n) is 2.48. The Morgan fingerprint density at radius 2 is 1.91 bits per heavy atom. The summed E-state index contributed by atoms with van der Waals surface area (Å²) >= 11 is 1.58. The summed E-state index contributed by atoms with van der Waals surface area (Å²) in [5.41, 5.74) is 2.66. The van der Waals surface area contributed by atoms with Crippen LogP contribution in [0, 0.1) is 0 Å². The molecule has 124 valence electrons. The van der Waals surface area contributed by atoms with Crippen molar-refractivity contribution in [2.75, 3.05) is 18.5 Å². The summed E-state index contributed by atoms with van der Waals surface area (Å²) in [7, 11) is 0. The molecule has 2 aromatic rings. The molecule has 1 aromatic carbocycles. The molecule has 3 nitrogen and oxygen atoms in total. The van der Waals surface area contributed by atoms with Crippen LogP contribution in [0.25, 0.3) is 11.1 Å². The van der Waals surface area contributed by atoms with E-state index in [0.717, 1.165) is 29.1 Å². The van der Waals surface area contributed by atoms with Gasteiger partial charge >= 0.3 is 5.97 Å². The van der Waals surface area contributed by atoms with Crippen LogP contribution in [0.5, 0.6) is 0 Å². The summed E-state index contributed by atoms with van der Waals surface area (Å²) in [4.78, 5) is 12.4. The van der Waals surface area contributed by atoms with Crippen molar-refractivity contribution < 1.29 is 9.53 Å². The number of rotatable bonds is 9. The lowest BCUT2D eigenvalue weighted by molar-refractivity contribution is 0.0529. The van der Waals surface area contributed by atoms with E-state index in [9.17, 15) is 4.79 Å². The van der Waals surface area contributed by atoms with Crippen LogP contribution >= 0.6 is 11.3 Å². The molecule has 0 aliphatic rings. The minimum atomic E-state index is -0.247. The van der Waals surface area contributed by atoms with Crippen LogP contribution in [0.2, 0.25) is 0 Å². The Labute approximate surface area is 142 Å². The monoisotopic (exact) mass is 331 g/mol. The first-order chi connectivity index (χ1) is 11.3. The maximum Gasteiger partial charge on any atom is 0.341 e. The Morgan fingerprint density at radius 1 is 1.13 bits per heavy atom. The van der Waals surface area contributed by atoms with Crippen molar-refractivity contribution in [2.24, 2.45) is 0 Å².